The van der Waals surface area contributed by atoms with Gasteiger partial charge in [0.1, 0.15) is 0 Å². The highest BCUT2D eigenvalue weighted by atomic mass is 16.3. The zero-order chi connectivity index (χ0) is 10.3. The molecule has 0 aromatic carbocycles. The second-order valence-electron chi connectivity index (χ2n) is 3.33. The number of aromatic hydroxyl groups is 1. The van der Waals surface area contributed by atoms with E-state index in [-0.39, 0.29) is 5.88 Å². The number of nitrogens with zero attached hydrogens (tertiary/aromatic N) is 3. The zero-order valence-corrected chi connectivity index (χ0v) is 8.37. The van der Waals surface area contributed by atoms with Gasteiger partial charge in [0.25, 0.3) is 0 Å². The highest BCUT2D eigenvalue weighted by Crippen LogP contribution is 2.18. The molecule has 0 aliphatic carbocycles. The van der Waals surface area contributed by atoms with Gasteiger partial charge in [0.15, 0.2) is 11.6 Å². The molecule has 14 heavy (non-hydrogen) atoms. The van der Waals surface area contributed by atoms with Crippen LogP contribution < -0.4 is 0 Å². The van der Waals surface area contributed by atoms with E-state index < -0.39 is 0 Å². The van der Waals surface area contributed by atoms with Crippen molar-refractivity contribution in [1.29, 1.82) is 0 Å². The maximum Gasteiger partial charge on any atom is 0.229 e. The van der Waals surface area contributed by atoms with Gasteiger partial charge in [-0.25, -0.2) is 4.98 Å². The minimum atomic E-state index is 0.00852. The van der Waals surface area contributed by atoms with E-state index in [9.17, 15) is 5.11 Å². The Labute approximate surface area is 81.4 Å². The van der Waals surface area contributed by atoms with Gasteiger partial charge in [0.05, 0.1) is 11.9 Å². The number of hydrogen-bond donors (Lipinski definition) is 2. The van der Waals surface area contributed by atoms with E-state index >= 15 is 0 Å². The van der Waals surface area contributed by atoms with Crippen LogP contribution in [0.2, 0.25) is 0 Å². The van der Waals surface area contributed by atoms with E-state index in [4.69, 9.17) is 0 Å². The Balaban J connectivity index is 2.54. The standard InChI is InChI=1S/C9H12N4O/c1-5-6(2)11-8(10-5)9-12-7(14)4-13(9)3/h4,14H,1-3H3,(H,10,11). The molecule has 5 nitrogen and oxygen atoms in total. The zero-order valence-electron chi connectivity index (χ0n) is 8.37. The Kier molecular flexibility index (Phi) is 1.80. The largest absolute Gasteiger partial charge is 0.492 e. The van der Waals surface area contributed by atoms with Gasteiger partial charge < -0.3 is 14.7 Å². The van der Waals surface area contributed by atoms with Crippen LogP contribution in [0.4, 0.5) is 0 Å². The van der Waals surface area contributed by atoms with Crippen LogP contribution >= 0.6 is 0 Å². The molecule has 2 rings (SSSR count). The summed E-state index contributed by atoms with van der Waals surface area (Å²) in [5, 5.41) is 9.20. The van der Waals surface area contributed by atoms with Crippen LogP contribution in [0.1, 0.15) is 11.4 Å². The summed E-state index contributed by atoms with van der Waals surface area (Å²) < 4.78 is 1.73. The molecule has 2 heterocycles. The Morgan fingerprint density at radius 3 is 2.50 bits per heavy atom. The van der Waals surface area contributed by atoms with Gasteiger partial charge >= 0.3 is 0 Å². The van der Waals surface area contributed by atoms with E-state index in [1.54, 1.807) is 10.8 Å². The minimum absolute atomic E-state index is 0.00852. The van der Waals surface area contributed by atoms with E-state index in [0.717, 1.165) is 11.4 Å². The Morgan fingerprint density at radius 1 is 1.36 bits per heavy atom. The molecule has 5 heteroatoms. The van der Waals surface area contributed by atoms with E-state index in [2.05, 4.69) is 15.0 Å². The Morgan fingerprint density at radius 2 is 2.07 bits per heavy atom. The van der Waals surface area contributed by atoms with Gasteiger partial charge in [0, 0.05) is 12.7 Å². The van der Waals surface area contributed by atoms with Crippen LogP contribution in [0.5, 0.6) is 5.88 Å². The third-order valence-corrected chi connectivity index (χ3v) is 2.20. The lowest BCUT2D eigenvalue weighted by molar-refractivity contribution is 0.456. The number of H-pyrrole nitrogens is 1. The smallest absolute Gasteiger partial charge is 0.229 e. The van der Waals surface area contributed by atoms with Crippen molar-refractivity contribution in [2.24, 2.45) is 7.05 Å². The lowest BCUT2D eigenvalue weighted by Crippen LogP contribution is -1.92. The second kappa shape index (κ2) is 2.87. The van der Waals surface area contributed by atoms with Gasteiger partial charge in [-0.2, -0.15) is 4.98 Å². The van der Waals surface area contributed by atoms with Crippen molar-refractivity contribution in [3.63, 3.8) is 0 Å². The van der Waals surface area contributed by atoms with Crippen LogP contribution in [0, 0.1) is 13.8 Å². The molecular formula is C9H12N4O. The van der Waals surface area contributed by atoms with Crippen LogP contribution in [-0.4, -0.2) is 24.6 Å². The van der Waals surface area contributed by atoms with E-state index in [1.165, 1.54) is 0 Å². The molecule has 0 spiro atoms. The maximum absolute atomic E-state index is 9.20. The summed E-state index contributed by atoms with van der Waals surface area (Å²) in [6.45, 7) is 3.88. The van der Waals surface area contributed by atoms with Crippen molar-refractivity contribution in [2.45, 2.75) is 13.8 Å². The Hall–Kier alpha value is -1.78. The van der Waals surface area contributed by atoms with Crippen LogP contribution in [0.25, 0.3) is 11.6 Å². The normalized spacial score (nSPS) is 10.8. The number of imidazole rings is 2. The van der Waals surface area contributed by atoms with Gasteiger partial charge in [-0.1, -0.05) is 0 Å². The summed E-state index contributed by atoms with van der Waals surface area (Å²) in [5.41, 5.74) is 1.96. The minimum Gasteiger partial charge on any atom is -0.492 e. The van der Waals surface area contributed by atoms with Crippen LogP contribution in [0.3, 0.4) is 0 Å². The topological polar surface area (TPSA) is 66.7 Å². The highest BCUT2D eigenvalue weighted by Gasteiger charge is 2.11. The number of nitrogens with one attached hydrogen (secondary N) is 1. The van der Waals surface area contributed by atoms with E-state index in [1.807, 2.05) is 20.9 Å². The molecule has 0 unspecified atom stereocenters. The van der Waals surface area contributed by atoms with Gasteiger partial charge in [-0.3, -0.25) is 0 Å². The SMILES string of the molecule is Cc1nc(-c2nc(O)cn2C)[nH]c1C. The molecule has 2 N–H and O–H groups in total. The lowest BCUT2D eigenvalue weighted by Gasteiger charge is -1.94. The van der Waals surface area contributed by atoms with Crippen molar-refractivity contribution >= 4 is 0 Å². The van der Waals surface area contributed by atoms with Gasteiger partial charge in [-0.05, 0) is 13.8 Å². The summed E-state index contributed by atoms with van der Waals surface area (Å²) in [7, 11) is 1.81. The predicted octanol–water partition coefficient (Wildman–Crippen LogP) is 1.13. The number of aryl methyl sites for hydroxylation is 3. The molecule has 2 aromatic heterocycles. The van der Waals surface area contributed by atoms with Crippen molar-refractivity contribution in [1.82, 2.24) is 19.5 Å². The molecule has 0 fully saturated rings. The van der Waals surface area contributed by atoms with Gasteiger partial charge in [-0.15, -0.1) is 0 Å². The fourth-order valence-electron chi connectivity index (χ4n) is 1.32. The van der Waals surface area contributed by atoms with E-state index in [0.29, 0.717) is 11.6 Å². The highest BCUT2D eigenvalue weighted by molar-refractivity contribution is 5.47. The molecule has 0 aliphatic heterocycles. The maximum atomic E-state index is 9.20. The first-order chi connectivity index (χ1) is 6.58. The quantitative estimate of drug-likeness (QED) is 0.711. The molecule has 2 aromatic rings. The first kappa shape index (κ1) is 8.80. The fourth-order valence-corrected chi connectivity index (χ4v) is 1.32. The fraction of sp³-hybridized carbons (Fsp3) is 0.333. The summed E-state index contributed by atoms with van der Waals surface area (Å²) >= 11 is 0. The lowest BCUT2D eigenvalue weighted by atomic mass is 10.4. The first-order valence-corrected chi connectivity index (χ1v) is 4.34. The number of aromatic nitrogens is 4. The van der Waals surface area contributed by atoms with Crippen molar-refractivity contribution in [2.75, 3.05) is 0 Å². The number of rotatable bonds is 1. The van der Waals surface area contributed by atoms with Crippen molar-refractivity contribution in [3.8, 4) is 17.5 Å². The summed E-state index contributed by atoms with van der Waals surface area (Å²) in [6, 6.07) is 0. The molecule has 0 radical (unpaired) electrons. The average molecular weight is 192 g/mol. The number of aromatic amines is 1. The molecule has 0 saturated heterocycles. The van der Waals surface area contributed by atoms with Crippen LogP contribution in [-0.2, 0) is 7.05 Å². The third kappa shape index (κ3) is 1.26. The summed E-state index contributed by atoms with van der Waals surface area (Å²) in [5.74, 6) is 1.33. The molecule has 0 atom stereocenters. The second-order valence-corrected chi connectivity index (χ2v) is 3.33. The van der Waals surface area contributed by atoms with Crippen molar-refractivity contribution < 1.29 is 5.11 Å². The molecule has 0 aliphatic rings. The molecular weight excluding hydrogens is 180 g/mol. The molecule has 0 bridgehead atoms. The molecule has 74 valence electrons. The first-order valence-electron chi connectivity index (χ1n) is 4.34. The average Bonchev–Trinajstić information content (AvgIpc) is 2.57. The van der Waals surface area contributed by atoms with Crippen LogP contribution in [0.15, 0.2) is 6.20 Å². The monoisotopic (exact) mass is 192 g/mol. The number of hydrogen-bond acceptors (Lipinski definition) is 3. The van der Waals surface area contributed by atoms with Gasteiger partial charge in [0.2, 0.25) is 5.88 Å². The molecule has 0 amide bonds. The molecule has 0 saturated carbocycles. The van der Waals surface area contributed by atoms with Crippen molar-refractivity contribution in [3.05, 3.63) is 17.6 Å². The summed E-state index contributed by atoms with van der Waals surface area (Å²) in [6.07, 6.45) is 1.54. The summed E-state index contributed by atoms with van der Waals surface area (Å²) in [4.78, 5) is 11.4. The predicted molar refractivity (Wildman–Crippen MR) is 51.9 cm³/mol. The Bertz CT molecular complexity index is 450. The third-order valence-electron chi connectivity index (χ3n) is 2.20.